The summed E-state index contributed by atoms with van der Waals surface area (Å²) < 4.78 is 5.35. The van der Waals surface area contributed by atoms with Gasteiger partial charge in [0.25, 0.3) is 11.8 Å². The molecule has 1 aliphatic carbocycles. The minimum Gasteiger partial charge on any atom is -0.503 e. The Hall–Kier alpha value is -2.06. The summed E-state index contributed by atoms with van der Waals surface area (Å²) in [5.74, 6) is -1.58. The molecule has 2 N–H and O–H groups in total. The lowest BCUT2D eigenvalue weighted by Gasteiger charge is -2.31. The molecule has 9 heteroatoms. The normalized spacial score (nSPS) is 20.0. The largest absolute Gasteiger partial charge is 0.503 e. The fourth-order valence-electron chi connectivity index (χ4n) is 3.19. The molecule has 1 aromatic rings. The molecule has 2 aliphatic rings. The monoisotopic (exact) mass is 442 g/mol. The van der Waals surface area contributed by atoms with Gasteiger partial charge in [-0.2, -0.15) is 0 Å². The van der Waals surface area contributed by atoms with Crippen molar-refractivity contribution in [1.29, 1.82) is 0 Å². The van der Waals surface area contributed by atoms with Crippen molar-refractivity contribution in [3.63, 3.8) is 0 Å². The van der Waals surface area contributed by atoms with E-state index >= 15 is 0 Å². The van der Waals surface area contributed by atoms with Crippen LogP contribution < -0.4 is 10.1 Å². The molecule has 2 fully saturated rings. The molecule has 1 saturated heterocycles. The van der Waals surface area contributed by atoms with Crippen LogP contribution in [0.5, 0.6) is 11.5 Å². The van der Waals surface area contributed by atoms with Gasteiger partial charge in [0.05, 0.1) is 7.11 Å². The maximum absolute atomic E-state index is 12.8. The number of halogens is 2. The summed E-state index contributed by atoms with van der Waals surface area (Å²) >= 11 is 9.30. The average Bonchev–Trinajstić information content (AvgIpc) is 3.12. The summed E-state index contributed by atoms with van der Waals surface area (Å²) in [5, 5.41) is 12.1. The molecule has 4 amide bonds. The van der Waals surface area contributed by atoms with E-state index in [1.807, 2.05) is 0 Å². The maximum Gasteiger partial charge on any atom is 0.331 e. The Balaban J connectivity index is 2.04. The van der Waals surface area contributed by atoms with Crippen LogP contribution in [0.2, 0.25) is 5.02 Å². The van der Waals surface area contributed by atoms with Crippen molar-refractivity contribution in [3.05, 3.63) is 26.7 Å². The Labute approximate surface area is 163 Å². The van der Waals surface area contributed by atoms with Crippen molar-refractivity contribution in [2.45, 2.75) is 31.7 Å². The molecule has 1 aromatic carbocycles. The van der Waals surface area contributed by atoms with E-state index in [0.717, 1.165) is 30.6 Å². The lowest BCUT2D eigenvalue weighted by atomic mass is 10.0. The zero-order valence-electron chi connectivity index (χ0n) is 13.8. The number of ether oxygens (including phenoxy) is 1. The Bertz CT molecular complexity index is 833. The smallest absolute Gasteiger partial charge is 0.331 e. The molecule has 1 heterocycles. The predicted molar refractivity (Wildman–Crippen MR) is 98.0 cm³/mol. The van der Waals surface area contributed by atoms with Crippen LogP contribution in [-0.2, 0) is 9.59 Å². The van der Waals surface area contributed by atoms with Gasteiger partial charge in [-0.1, -0.05) is 24.4 Å². The summed E-state index contributed by atoms with van der Waals surface area (Å²) in [5.41, 5.74) is 0.185. The van der Waals surface area contributed by atoms with E-state index in [9.17, 15) is 19.5 Å². The molecule has 1 aliphatic heterocycles. The highest BCUT2D eigenvalue weighted by Gasteiger charge is 2.40. The molecule has 3 rings (SSSR count). The number of urea groups is 1. The molecule has 0 spiro atoms. The molecule has 0 atom stereocenters. The zero-order chi connectivity index (χ0) is 19.0. The highest BCUT2D eigenvalue weighted by Crippen LogP contribution is 2.42. The van der Waals surface area contributed by atoms with Crippen molar-refractivity contribution in [2.24, 2.45) is 0 Å². The molecular weight excluding hydrogens is 428 g/mol. The molecule has 0 bridgehead atoms. The van der Waals surface area contributed by atoms with Crippen molar-refractivity contribution in [2.75, 3.05) is 7.11 Å². The third-order valence-corrected chi connectivity index (χ3v) is 5.97. The first kappa shape index (κ1) is 18.7. The van der Waals surface area contributed by atoms with Crippen molar-refractivity contribution in [3.8, 4) is 11.5 Å². The van der Waals surface area contributed by atoms with Crippen LogP contribution in [0.4, 0.5) is 4.79 Å². The SMILES string of the molecule is COc1cc(/C=C2\C(=O)NC(=O)N(C3CCCC3)C2=O)c(Br)c(Cl)c1O. The maximum atomic E-state index is 12.8. The quantitative estimate of drug-likeness (QED) is 0.552. The number of nitrogens with one attached hydrogen (secondary N) is 1. The summed E-state index contributed by atoms with van der Waals surface area (Å²) in [6.07, 6.45) is 4.65. The first-order chi connectivity index (χ1) is 12.3. The van der Waals surface area contributed by atoms with Gasteiger partial charge in [0.1, 0.15) is 10.6 Å². The highest BCUT2D eigenvalue weighted by molar-refractivity contribution is 9.10. The number of nitrogens with zero attached hydrogens (tertiary/aromatic N) is 1. The number of hydrogen-bond acceptors (Lipinski definition) is 5. The van der Waals surface area contributed by atoms with Gasteiger partial charge >= 0.3 is 6.03 Å². The van der Waals surface area contributed by atoms with Crippen LogP contribution in [0.1, 0.15) is 31.2 Å². The number of methoxy groups -OCH3 is 1. The van der Waals surface area contributed by atoms with Gasteiger partial charge in [0.2, 0.25) is 0 Å². The van der Waals surface area contributed by atoms with E-state index in [0.29, 0.717) is 10.0 Å². The summed E-state index contributed by atoms with van der Waals surface area (Å²) in [6.45, 7) is 0. The van der Waals surface area contributed by atoms with Gasteiger partial charge in [-0.15, -0.1) is 0 Å². The Morgan fingerprint density at radius 1 is 1.35 bits per heavy atom. The second-order valence-corrected chi connectivity index (χ2v) is 7.25. The van der Waals surface area contributed by atoms with E-state index < -0.39 is 17.8 Å². The van der Waals surface area contributed by atoms with E-state index in [1.165, 1.54) is 19.3 Å². The van der Waals surface area contributed by atoms with E-state index in [-0.39, 0.29) is 28.1 Å². The zero-order valence-corrected chi connectivity index (χ0v) is 16.2. The molecule has 7 nitrogen and oxygen atoms in total. The summed E-state index contributed by atoms with van der Waals surface area (Å²) in [6, 6.07) is 0.541. The third kappa shape index (κ3) is 3.19. The molecule has 0 radical (unpaired) electrons. The standard InChI is InChI=1S/C17H16BrClN2O5/c1-26-11-7-8(12(18)13(19)14(11)22)6-10-15(23)20-17(25)21(16(10)24)9-4-2-3-5-9/h6-7,9,22H,2-5H2,1H3,(H,20,23,25)/b10-6+. The minimum atomic E-state index is -0.774. The number of carbonyl (C=O) groups excluding carboxylic acids is 3. The van der Waals surface area contributed by atoms with Crippen molar-refractivity contribution < 1.29 is 24.2 Å². The second kappa shape index (κ2) is 7.28. The molecule has 0 unspecified atom stereocenters. The third-order valence-electron chi connectivity index (χ3n) is 4.52. The molecular formula is C17H16BrClN2O5. The van der Waals surface area contributed by atoms with Crippen LogP contribution in [0.15, 0.2) is 16.1 Å². The van der Waals surface area contributed by atoms with E-state index in [1.54, 1.807) is 0 Å². The number of rotatable bonds is 3. The lowest BCUT2D eigenvalue weighted by Crippen LogP contribution is -2.57. The average molecular weight is 444 g/mol. The Morgan fingerprint density at radius 2 is 2.00 bits per heavy atom. The van der Waals surface area contributed by atoms with Gasteiger partial charge in [-0.3, -0.25) is 19.8 Å². The van der Waals surface area contributed by atoms with E-state index in [2.05, 4.69) is 21.2 Å². The van der Waals surface area contributed by atoms with Crippen LogP contribution in [0.3, 0.4) is 0 Å². The number of phenols is 1. The summed E-state index contributed by atoms with van der Waals surface area (Å²) in [7, 11) is 1.36. The first-order valence-corrected chi connectivity index (χ1v) is 9.17. The fourth-order valence-corrected chi connectivity index (χ4v) is 3.81. The van der Waals surface area contributed by atoms with Crippen LogP contribution >= 0.6 is 27.5 Å². The lowest BCUT2D eigenvalue weighted by molar-refractivity contribution is -0.131. The molecule has 26 heavy (non-hydrogen) atoms. The number of imide groups is 2. The van der Waals surface area contributed by atoms with Crippen LogP contribution in [0, 0.1) is 0 Å². The number of barbiturate groups is 1. The van der Waals surface area contributed by atoms with Crippen molar-refractivity contribution >= 4 is 51.5 Å². The highest BCUT2D eigenvalue weighted by atomic mass is 79.9. The van der Waals surface area contributed by atoms with Gasteiger partial charge in [0, 0.05) is 10.5 Å². The van der Waals surface area contributed by atoms with Crippen LogP contribution in [-0.4, -0.2) is 41.0 Å². The molecule has 0 aromatic heterocycles. The number of phenolic OH excluding ortho intramolecular Hbond substituents is 1. The number of carbonyl (C=O) groups is 3. The van der Waals surface area contributed by atoms with Gasteiger partial charge in [-0.25, -0.2) is 4.79 Å². The first-order valence-electron chi connectivity index (χ1n) is 8.00. The topological polar surface area (TPSA) is 95.9 Å². The Morgan fingerprint density at radius 3 is 2.62 bits per heavy atom. The molecule has 138 valence electrons. The predicted octanol–water partition coefficient (Wildman–Crippen LogP) is 3.22. The summed E-state index contributed by atoms with van der Waals surface area (Å²) in [4.78, 5) is 38.3. The Kier molecular flexibility index (Phi) is 5.24. The number of aromatic hydroxyl groups is 1. The number of hydrogen-bond donors (Lipinski definition) is 2. The minimum absolute atomic E-state index is 0.0106. The van der Waals surface area contributed by atoms with Gasteiger partial charge < -0.3 is 9.84 Å². The fraction of sp³-hybridized carbons (Fsp3) is 0.353. The van der Waals surface area contributed by atoms with Crippen LogP contribution in [0.25, 0.3) is 6.08 Å². The van der Waals surface area contributed by atoms with Gasteiger partial charge in [0.15, 0.2) is 11.5 Å². The number of amides is 4. The molecule has 1 saturated carbocycles. The van der Waals surface area contributed by atoms with Crippen molar-refractivity contribution in [1.82, 2.24) is 10.2 Å². The second-order valence-electron chi connectivity index (χ2n) is 6.08. The number of benzene rings is 1. The van der Waals surface area contributed by atoms with Gasteiger partial charge in [-0.05, 0) is 46.5 Å². The van der Waals surface area contributed by atoms with E-state index in [4.69, 9.17) is 16.3 Å².